The summed E-state index contributed by atoms with van der Waals surface area (Å²) in [5.74, 6) is -1.58. The Bertz CT molecular complexity index is 2120. The summed E-state index contributed by atoms with van der Waals surface area (Å²) in [6.45, 7) is 2.53. The predicted octanol–water partition coefficient (Wildman–Crippen LogP) is 21.4. The molecule has 16 nitrogen and oxygen atoms in total. The van der Waals surface area contributed by atoms with Crippen molar-refractivity contribution in [3.05, 3.63) is 97.2 Å². The molecule has 5 unspecified atom stereocenters. The Morgan fingerprint density at radius 1 is 0.305 bits per heavy atom. The van der Waals surface area contributed by atoms with Gasteiger partial charge >= 0.3 is 33.6 Å². The van der Waals surface area contributed by atoms with E-state index >= 15 is 0 Å². The maximum absolute atomic E-state index is 12.9. The quantitative estimate of drug-likeness (QED) is 0.0146. The summed E-state index contributed by atoms with van der Waals surface area (Å²) in [5, 5.41) is 20.6. The highest BCUT2D eigenvalue weighted by molar-refractivity contribution is 7.47. The van der Waals surface area contributed by atoms with Crippen molar-refractivity contribution in [3.63, 3.8) is 0 Å². The molecule has 0 bridgehead atoms. The second-order valence-corrected chi connectivity index (χ2v) is 28.0. The summed E-state index contributed by atoms with van der Waals surface area (Å²) >= 11 is 0. The zero-order valence-corrected chi connectivity index (χ0v) is 61.6. The van der Waals surface area contributed by atoms with Crippen molar-refractivity contribution in [3.8, 4) is 0 Å². The van der Waals surface area contributed by atoms with E-state index in [2.05, 4.69) is 118 Å². The fourth-order valence-electron chi connectivity index (χ4n) is 10.1. The predicted molar refractivity (Wildman–Crippen MR) is 390 cm³/mol. The third-order valence-corrected chi connectivity index (χ3v) is 17.7. The Kier molecular flexibility index (Phi) is 67.7. The summed E-state index contributed by atoms with van der Waals surface area (Å²) in [4.78, 5) is 58.3. The van der Waals surface area contributed by atoms with Gasteiger partial charge in [-0.1, -0.05) is 291 Å². The first-order valence-corrected chi connectivity index (χ1v) is 40.5. The van der Waals surface area contributed by atoms with E-state index in [4.69, 9.17) is 32.3 Å². The maximum Gasteiger partial charge on any atom is 0.472 e. The van der Waals surface area contributed by atoms with Crippen LogP contribution in [-0.4, -0.2) is 95.9 Å². The second-order valence-electron chi connectivity index (χ2n) is 25.1. The van der Waals surface area contributed by atoms with Crippen LogP contribution in [0.4, 0.5) is 0 Å². The molecule has 0 aromatic rings. The highest BCUT2D eigenvalue weighted by atomic mass is 31.2. The number of phosphoric acid groups is 2. The number of aliphatic hydroxyl groups excluding tert-OH is 2. The van der Waals surface area contributed by atoms with Gasteiger partial charge in [-0.15, -0.1) is 0 Å². The van der Waals surface area contributed by atoms with Crippen molar-refractivity contribution in [1.82, 2.24) is 0 Å². The summed E-state index contributed by atoms with van der Waals surface area (Å²) in [7, 11) is -9.77. The monoisotopic (exact) mass is 1380 g/mol. The number of rotatable bonds is 71. The maximum atomic E-state index is 12.9. The molecule has 4 N–H and O–H groups in total. The van der Waals surface area contributed by atoms with Crippen LogP contribution in [0, 0.1) is 0 Å². The Hall–Kier alpha value is -3.53. The van der Waals surface area contributed by atoms with E-state index in [0.29, 0.717) is 19.3 Å². The zero-order chi connectivity index (χ0) is 69.5. The van der Waals surface area contributed by atoms with Crippen molar-refractivity contribution in [2.45, 2.75) is 334 Å². The highest BCUT2D eigenvalue weighted by Gasteiger charge is 2.29. The molecule has 0 aromatic carbocycles. The highest BCUT2D eigenvalue weighted by Crippen LogP contribution is 2.45. The van der Waals surface area contributed by atoms with Crippen molar-refractivity contribution < 1.29 is 75.8 Å². The molecule has 0 heterocycles. The van der Waals surface area contributed by atoms with Crippen LogP contribution in [0.5, 0.6) is 0 Å². The van der Waals surface area contributed by atoms with E-state index in [1.165, 1.54) is 122 Å². The van der Waals surface area contributed by atoms with Gasteiger partial charge in [-0.05, 0) is 103 Å². The summed E-state index contributed by atoms with van der Waals surface area (Å²) in [5.41, 5.74) is 0. The van der Waals surface area contributed by atoms with Crippen molar-refractivity contribution >= 4 is 33.6 Å². The number of aliphatic hydroxyl groups is 2. The number of allylic oxidation sites excluding steroid dienone is 16. The van der Waals surface area contributed by atoms with E-state index in [0.717, 1.165) is 135 Å². The van der Waals surface area contributed by atoms with Gasteiger partial charge in [-0.2, -0.15) is 0 Å². The number of esters is 3. The molecular formula is C77H136O16P2. The molecule has 0 aliphatic rings. The molecule has 0 aliphatic heterocycles. The van der Waals surface area contributed by atoms with Crippen LogP contribution in [0.3, 0.4) is 0 Å². The molecule has 0 aromatic heterocycles. The van der Waals surface area contributed by atoms with Gasteiger partial charge in [0.25, 0.3) is 0 Å². The molecule has 0 rings (SSSR count). The van der Waals surface area contributed by atoms with E-state index < -0.39 is 91.5 Å². The molecule has 0 saturated heterocycles. The normalized spacial score (nSPS) is 14.6. The molecule has 5 atom stereocenters. The van der Waals surface area contributed by atoms with Gasteiger partial charge in [0.05, 0.1) is 26.4 Å². The molecule has 0 radical (unpaired) electrons. The van der Waals surface area contributed by atoms with Gasteiger partial charge in [0, 0.05) is 19.3 Å². The summed E-state index contributed by atoms with van der Waals surface area (Å²) in [6.07, 6.45) is 79.1. The van der Waals surface area contributed by atoms with Crippen LogP contribution < -0.4 is 0 Å². The number of carbonyl (C=O) groups excluding carboxylic acids is 3. The average molecular weight is 1380 g/mol. The standard InChI is InChI=1S/C77H136O16P2/c1-4-7-10-13-16-19-22-24-26-27-28-29-30-31-32-33-34-35-36-37-38-39-40-41-42-43-45-47-49-51-54-57-60-63-75(80)87-66-72(78)67-89-94(83,84)90-68-73(79)69-91-95(85,86)92-71-74(93-77(82)65-62-59-56-53-48-21-18-15-12-9-6-3)70-88-76(81)64-61-58-55-52-50-46-44-25-23-20-17-14-11-8-5-2/h7,10,16-17,19-20,24-26,28-29,31-32,34-35,44,72-74,78-79H,4-6,8-9,11-15,18,21-23,27,30,33,36-43,45-71H2,1-3H3,(H,83,84)(H,85,86)/b10-7-,19-16-,20-17-,26-24-,29-28-,32-31-,35-34-,44-25-. The summed E-state index contributed by atoms with van der Waals surface area (Å²) < 4.78 is 60.9. The first kappa shape index (κ1) is 91.5. The molecule has 18 heteroatoms. The van der Waals surface area contributed by atoms with E-state index in [-0.39, 0.29) is 19.3 Å². The first-order chi connectivity index (χ1) is 46.2. The SMILES string of the molecule is CC/C=C\C/C=C\C/C=C\C/C=C\C/C=C\C/C=C\CCCCCCCCCCCCCCCCC(=O)OCC(O)COP(=O)(O)OCC(O)COP(=O)(O)OCC(COC(=O)CCCCCCC/C=C\C/C=C\CCCCC)OC(=O)CCCCCCCCCCCCC. The summed E-state index contributed by atoms with van der Waals surface area (Å²) in [6, 6.07) is 0. The zero-order valence-electron chi connectivity index (χ0n) is 59.8. The fraction of sp³-hybridized carbons (Fsp3) is 0.753. The Morgan fingerprint density at radius 3 is 0.905 bits per heavy atom. The van der Waals surface area contributed by atoms with Crippen molar-refractivity contribution in [1.29, 1.82) is 0 Å². The van der Waals surface area contributed by atoms with Gasteiger partial charge in [0.2, 0.25) is 0 Å². The lowest BCUT2D eigenvalue weighted by Gasteiger charge is -2.21. The number of phosphoric ester groups is 2. The van der Waals surface area contributed by atoms with Crippen molar-refractivity contribution in [2.75, 3.05) is 39.6 Å². The number of hydrogen-bond donors (Lipinski definition) is 4. The van der Waals surface area contributed by atoms with Crippen LogP contribution in [0.15, 0.2) is 97.2 Å². The lowest BCUT2D eigenvalue weighted by atomic mass is 10.0. The van der Waals surface area contributed by atoms with Crippen molar-refractivity contribution in [2.24, 2.45) is 0 Å². The minimum Gasteiger partial charge on any atom is -0.463 e. The lowest BCUT2D eigenvalue weighted by molar-refractivity contribution is -0.161. The largest absolute Gasteiger partial charge is 0.472 e. The van der Waals surface area contributed by atoms with Crippen LogP contribution >= 0.6 is 15.6 Å². The molecule has 550 valence electrons. The van der Waals surface area contributed by atoms with Gasteiger partial charge in [0.15, 0.2) is 6.10 Å². The topological polar surface area (TPSA) is 231 Å². The van der Waals surface area contributed by atoms with Gasteiger partial charge in [-0.3, -0.25) is 32.5 Å². The Morgan fingerprint density at radius 2 is 0.558 bits per heavy atom. The van der Waals surface area contributed by atoms with Crippen LogP contribution in [0.2, 0.25) is 0 Å². The molecule has 0 saturated carbocycles. The lowest BCUT2D eigenvalue weighted by Crippen LogP contribution is -2.30. The third kappa shape index (κ3) is 71.6. The Balaban J connectivity index is 4.33. The van der Waals surface area contributed by atoms with Gasteiger partial charge < -0.3 is 34.2 Å². The number of ether oxygens (including phenoxy) is 3. The molecule has 0 aliphatic carbocycles. The molecular weight excluding hydrogens is 1240 g/mol. The molecule has 0 fully saturated rings. The van der Waals surface area contributed by atoms with Crippen LogP contribution in [0.25, 0.3) is 0 Å². The van der Waals surface area contributed by atoms with Gasteiger partial charge in [-0.25, -0.2) is 9.13 Å². The first-order valence-electron chi connectivity index (χ1n) is 37.5. The van der Waals surface area contributed by atoms with E-state index in [9.17, 15) is 43.5 Å². The fourth-order valence-corrected chi connectivity index (χ4v) is 11.7. The second kappa shape index (κ2) is 70.3. The van der Waals surface area contributed by atoms with Crippen LogP contribution in [0.1, 0.15) is 316 Å². The van der Waals surface area contributed by atoms with E-state index in [1.54, 1.807) is 0 Å². The average Bonchev–Trinajstić information content (AvgIpc) is 3.18. The van der Waals surface area contributed by atoms with E-state index in [1.807, 2.05) is 0 Å². The Labute approximate surface area is 578 Å². The smallest absolute Gasteiger partial charge is 0.463 e. The van der Waals surface area contributed by atoms with Gasteiger partial charge in [0.1, 0.15) is 25.4 Å². The molecule has 0 spiro atoms. The number of hydrogen-bond acceptors (Lipinski definition) is 14. The molecule has 0 amide bonds. The number of unbranched alkanes of at least 4 members (excludes halogenated alkanes) is 32. The van der Waals surface area contributed by atoms with Crippen LogP contribution in [-0.2, 0) is 55.8 Å². The third-order valence-electron chi connectivity index (χ3n) is 15.8. The minimum absolute atomic E-state index is 0.105. The minimum atomic E-state index is -4.92. The molecule has 95 heavy (non-hydrogen) atoms. The number of carbonyl (C=O) groups is 3.